The van der Waals surface area contributed by atoms with Crippen LogP contribution in [0, 0.1) is 6.92 Å². The van der Waals surface area contributed by atoms with Crippen LogP contribution in [0.3, 0.4) is 0 Å². The van der Waals surface area contributed by atoms with Crippen LogP contribution in [0.25, 0.3) is 0 Å². The predicted octanol–water partition coefficient (Wildman–Crippen LogP) is 7.83. The fourth-order valence-electron chi connectivity index (χ4n) is 4.71. The van der Waals surface area contributed by atoms with E-state index in [4.69, 9.17) is 9.47 Å². The average molecular weight is 453 g/mol. The number of rotatable bonds is 7. The van der Waals surface area contributed by atoms with Crippen molar-refractivity contribution in [2.24, 2.45) is 0 Å². The highest BCUT2D eigenvalue weighted by atomic mass is 32.2. The molecule has 166 valence electrons. The first-order valence-electron chi connectivity index (χ1n) is 11.3. The van der Waals surface area contributed by atoms with Gasteiger partial charge in [-0.3, -0.25) is 0 Å². The first kappa shape index (κ1) is 21.7. The molecule has 2 atom stereocenters. The third-order valence-corrected chi connectivity index (χ3v) is 7.56. The molecule has 0 aliphatic heterocycles. The first-order chi connectivity index (χ1) is 16.2. The van der Waals surface area contributed by atoms with Gasteiger partial charge in [-0.1, -0.05) is 65.9 Å². The van der Waals surface area contributed by atoms with Gasteiger partial charge in [0.15, 0.2) is 0 Å². The van der Waals surface area contributed by atoms with E-state index in [9.17, 15) is 0 Å². The van der Waals surface area contributed by atoms with Gasteiger partial charge in [0.25, 0.3) is 0 Å². The molecule has 0 aromatic heterocycles. The summed E-state index contributed by atoms with van der Waals surface area (Å²) in [5, 5.41) is 0. The summed E-state index contributed by atoms with van der Waals surface area (Å²) in [4.78, 5) is 2.54. The molecule has 33 heavy (non-hydrogen) atoms. The minimum absolute atomic E-state index is 0.458. The normalized spacial score (nSPS) is 19.2. The molecule has 0 spiro atoms. The molecule has 1 aliphatic rings. The highest BCUT2D eigenvalue weighted by Crippen LogP contribution is 2.66. The van der Waals surface area contributed by atoms with Crippen molar-refractivity contribution in [3.63, 3.8) is 0 Å². The number of hydrogen-bond acceptors (Lipinski definition) is 3. The van der Waals surface area contributed by atoms with Crippen LogP contribution in [0.2, 0.25) is 0 Å². The van der Waals surface area contributed by atoms with Crippen LogP contribution in [-0.4, -0.2) is 14.2 Å². The number of ether oxygens (including phenoxy) is 2. The second-order valence-corrected chi connectivity index (χ2v) is 9.75. The maximum absolute atomic E-state index is 5.37. The van der Waals surface area contributed by atoms with Gasteiger partial charge >= 0.3 is 0 Å². The van der Waals surface area contributed by atoms with Crippen LogP contribution < -0.4 is 9.47 Å². The zero-order chi connectivity index (χ0) is 22.8. The van der Waals surface area contributed by atoms with Crippen molar-refractivity contribution < 1.29 is 9.47 Å². The van der Waals surface area contributed by atoms with E-state index in [0.29, 0.717) is 17.8 Å². The Morgan fingerprint density at radius 2 is 0.818 bits per heavy atom. The van der Waals surface area contributed by atoms with Crippen LogP contribution in [0.4, 0.5) is 0 Å². The van der Waals surface area contributed by atoms with Crippen LogP contribution in [0.1, 0.15) is 40.0 Å². The molecular formula is C30H28O2S. The van der Waals surface area contributed by atoms with E-state index in [-0.39, 0.29) is 0 Å². The maximum Gasteiger partial charge on any atom is 0.118 e. The number of hydrogen-bond donors (Lipinski definition) is 0. The summed E-state index contributed by atoms with van der Waals surface area (Å²) in [5.41, 5.74) is 5.40. The second-order valence-electron chi connectivity index (χ2n) is 8.61. The molecule has 1 fully saturated rings. The lowest BCUT2D eigenvalue weighted by molar-refractivity contribution is 0.414. The molecule has 5 rings (SSSR count). The van der Waals surface area contributed by atoms with Gasteiger partial charge in [0, 0.05) is 9.79 Å². The van der Waals surface area contributed by atoms with E-state index < -0.39 is 0 Å². The summed E-state index contributed by atoms with van der Waals surface area (Å²) >= 11 is 1.81. The van der Waals surface area contributed by atoms with Gasteiger partial charge < -0.3 is 9.47 Å². The number of aryl methyl sites for hydroxylation is 1. The van der Waals surface area contributed by atoms with Crippen molar-refractivity contribution >= 4 is 11.8 Å². The maximum atomic E-state index is 5.37. The smallest absolute Gasteiger partial charge is 0.118 e. The van der Waals surface area contributed by atoms with Crippen LogP contribution in [0.5, 0.6) is 11.5 Å². The van der Waals surface area contributed by atoms with Crippen molar-refractivity contribution in [1.82, 2.24) is 0 Å². The molecule has 3 heteroatoms. The minimum atomic E-state index is 0.458. The minimum Gasteiger partial charge on any atom is -0.497 e. The zero-order valence-electron chi connectivity index (χ0n) is 19.2. The van der Waals surface area contributed by atoms with E-state index in [1.165, 1.54) is 32.0 Å². The third kappa shape index (κ3) is 4.65. The largest absolute Gasteiger partial charge is 0.497 e. The third-order valence-electron chi connectivity index (χ3n) is 6.54. The molecule has 0 bridgehead atoms. The van der Waals surface area contributed by atoms with Crippen molar-refractivity contribution in [3.8, 4) is 11.5 Å². The fourth-order valence-corrected chi connectivity index (χ4v) is 5.52. The van der Waals surface area contributed by atoms with Crippen molar-refractivity contribution in [1.29, 1.82) is 0 Å². The Balaban J connectivity index is 1.41. The van der Waals surface area contributed by atoms with Crippen LogP contribution in [-0.2, 0) is 0 Å². The van der Waals surface area contributed by atoms with Gasteiger partial charge in [-0.15, -0.1) is 0 Å². The lowest BCUT2D eigenvalue weighted by atomic mass is 10.0. The standard InChI is InChI=1S/C30H28O2S/c1-20-4-16-26(17-5-20)33-27-18-10-23(11-19-27)30-28(21-6-12-24(31-2)13-7-21)29(30)22-8-14-25(32-3)15-9-22/h4-19,28-30H,1-3H3. The monoisotopic (exact) mass is 452 g/mol. The van der Waals surface area contributed by atoms with Gasteiger partial charge in [0.1, 0.15) is 11.5 Å². The topological polar surface area (TPSA) is 18.5 Å². The lowest BCUT2D eigenvalue weighted by Crippen LogP contribution is -1.87. The Morgan fingerprint density at radius 3 is 1.18 bits per heavy atom. The zero-order valence-corrected chi connectivity index (χ0v) is 20.0. The molecule has 0 heterocycles. The molecule has 2 unspecified atom stereocenters. The highest BCUT2D eigenvalue weighted by molar-refractivity contribution is 7.99. The van der Waals surface area contributed by atoms with Gasteiger partial charge in [0.05, 0.1) is 14.2 Å². The molecule has 0 amide bonds. The lowest BCUT2D eigenvalue weighted by Gasteiger charge is -2.06. The summed E-state index contributed by atoms with van der Waals surface area (Å²) in [5.74, 6) is 3.17. The van der Waals surface area contributed by atoms with Crippen molar-refractivity contribution in [3.05, 3.63) is 119 Å². The quantitative estimate of drug-likeness (QED) is 0.285. The van der Waals surface area contributed by atoms with E-state index in [1.807, 2.05) is 11.8 Å². The highest BCUT2D eigenvalue weighted by Gasteiger charge is 2.52. The van der Waals surface area contributed by atoms with Gasteiger partial charge in [-0.2, -0.15) is 0 Å². The molecule has 2 nitrogen and oxygen atoms in total. The SMILES string of the molecule is COc1ccc(C2C(c3ccc(OC)cc3)C2c2ccc(Sc3ccc(C)cc3)cc2)cc1. The number of methoxy groups -OCH3 is 2. The van der Waals surface area contributed by atoms with E-state index in [2.05, 4.69) is 104 Å². The Kier molecular flexibility index (Phi) is 6.15. The fraction of sp³-hybridized carbons (Fsp3) is 0.200. The van der Waals surface area contributed by atoms with E-state index in [0.717, 1.165) is 11.5 Å². The summed E-state index contributed by atoms with van der Waals surface area (Å²) < 4.78 is 10.7. The molecular weight excluding hydrogens is 424 g/mol. The molecule has 4 aromatic carbocycles. The van der Waals surface area contributed by atoms with Crippen LogP contribution in [0.15, 0.2) is 107 Å². The van der Waals surface area contributed by atoms with Crippen molar-refractivity contribution in [2.45, 2.75) is 34.5 Å². The molecule has 0 N–H and O–H groups in total. The first-order valence-corrected chi connectivity index (χ1v) is 12.1. The van der Waals surface area contributed by atoms with Crippen LogP contribution >= 0.6 is 11.8 Å². The van der Waals surface area contributed by atoms with Gasteiger partial charge in [0.2, 0.25) is 0 Å². The van der Waals surface area contributed by atoms with Gasteiger partial charge in [-0.25, -0.2) is 0 Å². The summed E-state index contributed by atoms with van der Waals surface area (Å²) in [6.07, 6.45) is 0. The van der Waals surface area contributed by atoms with E-state index in [1.54, 1.807) is 14.2 Å². The Bertz CT molecular complexity index is 1140. The molecule has 0 radical (unpaired) electrons. The Morgan fingerprint density at radius 1 is 0.485 bits per heavy atom. The van der Waals surface area contributed by atoms with Crippen molar-refractivity contribution in [2.75, 3.05) is 14.2 Å². The Hall–Kier alpha value is -3.17. The summed E-state index contributed by atoms with van der Waals surface area (Å²) in [6.45, 7) is 2.12. The summed E-state index contributed by atoms with van der Waals surface area (Å²) in [7, 11) is 3.43. The molecule has 1 saturated carbocycles. The summed E-state index contributed by atoms with van der Waals surface area (Å²) in [6, 6.07) is 34.9. The molecule has 4 aromatic rings. The van der Waals surface area contributed by atoms with Gasteiger partial charge in [-0.05, 0) is 89.9 Å². The Labute approximate surface area is 200 Å². The average Bonchev–Trinajstić information content (AvgIpc) is 3.61. The predicted molar refractivity (Wildman–Crippen MR) is 136 cm³/mol. The molecule has 0 saturated heterocycles. The second kappa shape index (κ2) is 9.36. The number of benzene rings is 4. The molecule has 1 aliphatic carbocycles. The van der Waals surface area contributed by atoms with E-state index >= 15 is 0 Å².